The zero-order chi connectivity index (χ0) is 12.1. The van der Waals surface area contributed by atoms with E-state index in [0.29, 0.717) is 0 Å². The van der Waals surface area contributed by atoms with Crippen molar-refractivity contribution in [3.05, 3.63) is 60.2 Å². The van der Waals surface area contributed by atoms with Gasteiger partial charge in [-0.25, -0.2) is 0 Å². The molecule has 0 saturated heterocycles. The van der Waals surface area contributed by atoms with Gasteiger partial charge in [-0.1, -0.05) is 42.5 Å². The number of benzene rings is 3. The molecule has 1 heterocycles. The highest BCUT2D eigenvalue weighted by Gasteiger charge is 2.09. The summed E-state index contributed by atoms with van der Waals surface area (Å²) >= 11 is 1.89. The van der Waals surface area contributed by atoms with E-state index in [-0.39, 0.29) is 0 Å². The fourth-order valence-electron chi connectivity index (χ4n) is 2.79. The van der Waals surface area contributed by atoms with E-state index in [1.54, 1.807) is 0 Å². The summed E-state index contributed by atoms with van der Waals surface area (Å²) in [7, 11) is 0. The Morgan fingerprint density at radius 2 is 1.50 bits per heavy atom. The van der Waals surface area contributed by atoms with Crippen LogP contribution in [0.5, 0.6) is 0 Å². The van der Waals surface area contributed by atoms with Crippen molar-refractivity contribution in [3.63, 3.8) is 0 Å². The quantitative estimate of drug-likeness (QED) is 0.384. The molecule has 18 heavy (non-hydrogen) atoms. The minimum atomic E-state index is 1.34. The van der Waals surface area contributed by atoms with Crippen LogP contribution in [0.1, 0.15) is 5.56 Å². The maximum absolute atomic E-state index is 2.32. The first-order chi connectivity index (χ1) is 8.84. The summed E-state index contributed by atoms with van der Waals surface area (Å²) in [6.45, 7) is 2.24. The van der Waals surface area contributed by atoms with Crippen molar-refractivity contribution in [2.45, 2.75) is 6.92 Å². The van der Waals surface area contributed by atoms with E-state index in [0.717, 1.165) is 0 Å². The Hall–Kier alpha value is -1.86. The molecule has 4 aromatic rings. The van der Waals surface area contributed by atoms with Crippen LogP contribution in [-0.4, -0.2) is 0 Å². The first-order valence-corrected chi connectivity index (χ1v) is 6.96. The van der Waals surface area contributed by atoms with Gasteiger partial charge >= 0.3 is 0 Å². The Labute approximate surface area is 109 Å². The Kier molecular flexibility index (Phi) is 2.00. The van der Waals surface area contributed by atoms with Gasteiger partial charge in [0, 0.05) is 20.2 Å². The van der Waals surface area contributed by atoms with Crippen LogP contribution in [-0.2, 0) is 0 Å². The van der Waals surface area contributed by atoms with Crippen molar-refractivity contribution < 1.29 is 0 Å². The smallest absolute Gasteiger partial charge is 0.0364 e. The molecular formula is C17H12S. The highest BCUT2D eigenvalue weighted by molar-refractivity contribution is 7.25. The van der Waals surface area contributed by atoms with Crippen molar-refractivity contribution >= 4 is 42.3 Å². The number of hydrogen-bond acceptors (Lipinski definition) is 1. The fraction of sp³-hybridized carbons (Fsp3) is 0.0588. The Balaban J connectivity index is 2.34. The van der Waals surface area contributed by atoms with Gasteiger partial charge in [-0.15, -0.1) is 11.3 Å². The topological polar surface area (TPSA) is 0 Å². The second kappa shape index (κ2) is 3.56. The van der Waals surface area contributed by atoms with Crippen LogP contribution in [0.4, 0.5) is 0 Å². The molecule has 0 aliphatic rings. The van der Waals surface area contributed by atoms with Crippen LogP contribution in [0, 0.1) is 6.92 Å². The third-order valence-electron chi connectivity index (χ3n) is 3.65. The first-order valence-electron chi connectivity index (χ1n) is 6.14. The van der Waals surface area contributed by atoms with Gasteiger partial charge in [0.15, 0.2) is 0 Å². The summed E-state index contributed by atoms with van der Waals surface area (Å²) < 4.78 is 2.78. The van der Waals surface area contributed by atoms with E-state index in [1.165, 1.54) is 36.5 Å². The molecule has 0 fully saturated rings. The Bertz CT molecular complexity index is 884. The summed E-state index contributed by atoms with van der Waals surface area (Å²) in [4.78, 5) is 0. The molecule has 0 saturated carbocycles. The first kappa shape index (κ1) is 10.1. The minimum Gasteiger partial charge on any atom is -0.135 e. The molecule has 1 heteroatoms. The van der Waals surface area contributed by atoms with Crippen molar-refractivity contribution in [1.29, 1.82) is 0 Å². The van der Waals surface area contributed by atoms with Crippen molar-refractivity contribution in [2.75, 3.05) is 0 Å². The average Bonchev–Trinajstić information content (AvgIpc) is 2.77. The molecule has 0 nitrogen and oxygen atoms in total. The Morgan fingerprint density at radius 1 is 0.778 bits per heavy atom. The SMILES string of the molecule is Cc1c2ccccc2cc2sc3ccccc3c12. The minimum absolute atomic E-state index is 1.34. The number of fused-ring (bicyclic) bond motifs is 4. The molecule has 0 bridgehead atoms. The molecule has 3 aromatic carbocycles. The molecule has 0 aliphatic heterocycles. The van der Waals surface area contributed by atoms with Gasteiger partial charge in [0.05, 0.1) is 0 Å². The van der Waals surface area contributed by atoms with Crippen LogP contribution in [0.25, 0.3) is 30.9 Å². The van der Waals surface area contributed by atoms with Gasteiger partial charge in [0.2, 0.25) is 0 Å². The standard InChI is InChI=1S/C17H12S/c1-11-13-7-3-2-6-12(13)10-16-17(11)14-8-4-5-9-15(14)18-16/h2-10H,1H3. The zero-order valence-electron chi connectivity index (χ0n) is 10.1. The maximum Gasteiger partial charge on any atom is 0.0364 e. The normalized spacial score (nSPS) is 11.6. The molecule has 0 spiro atoms. The van der Waals surface area contributed by atoms with E-state index in [9.17, 15) is 0 Å². The van der Waals surface area contributed by atoms with Gasteiger partial charge in [-0.3, -0.25) is 0 Å². The maximum atomic E-state index is 2.32. The van der Waals surface area contributed by atoms with E-state index >= 15 is 0 Å². The average molecular weight is 248 g/mol. The molecule has 86 valence electrons. The lowest BCUT2D eigenvalue weighted by Crippen LogP contribution is -1.79. The van der Waals surface area contributed by atoms with Crippen LogP contribution in [0.15, 0.2) is 54.6 Å². The molecule has 0 amide bonds. The molecule has 0 unspecified atom stereocenters. The second-order valence-electron chi connectivity index (χ2n) is 4.69. The molecule has 1 aromatic heterocycles. The number of aryl methyl sites for hydroxylation is 1. The fourth-order valence-corrected chi connectivity index (χ4v) is 4.01. The second-order valence-corrected chi connectivity index (χ2v) is 5.78. The van der Waals surface area contributed by atoms with Gasteiger partial charge in [0.25, 0.3) is 0 Å². The van der Waals surface area contributed by atoms with Crippen LogP contribution in [0.2, 0.25) is 0 Å². The van der Waals surface area contributed by atoms with Gasteiger partial charge in [-0.2, -0.15) is 0 Å². The largest absolute Gasteiger partial charge is 0.135 e. The van der Waals surface area contributed by atoms with Gasteiger partial charge in [0.1, 0.15) is 0 Å². The highest BCUT2D eigenvalue weighted by Crippen LogP contribution is 2.38. The molecular weight excluding hydrogens is 236 g/mol. The lowest BCUT2D eigenvalue weighted by Gasteiger charge is -2.04. The van der Waals surface area contributed by atoms with E-state index in [2.05, 4.69) is 61.5 Å². The third kappa shape index (κ3) is 1.25. The zero-order valence-corrected chi connectivity index (χ0v) is 10.9. The van der Waals surface area contributed by atoms with Gasteiger partial charge < -0.3 is 0 Å². The van der Waals surface area contributed by atoms with Crippen molar-refractivity contribution in [1.82, 2.24) is 0 Å². The number of rotatable bonds is 0. The Morgan fingerprint density at radius 3 is 2.39 bits per heavy atom. The van der Waals surface area contributed by atoms with E-state index in [4.69, 9.17) is 0 Å². The monoisotopic (exact) mass is 248 g/mol. The van der Waals surface area contributed by atoms with Crippen molar-refractivity contribution in [3.8, 4) is 0 Å². The number of thiophene rings is 1. The number of hydrogen-bond donors (Lipinski definition) is 0. The van der Waals surface area contributed by atoms with Crippen LogP contribution >= 0.6 is 11.3 Å². The molecule has 4 rings (SSSR count). The van der Waals surface area contributed by atoms with E-state index in [1.807, 2.05) is 11.3 Å². The third-order valence-corrected chi connectivity index (χ3v) is 4.77. The molecule has 0 atom stereocenters. The lowest BCUT2D eigenvalue weighted by atomic mass is 10.00. The van der Waals surface area contributed by atoms with E-state index < -0.39 is 0 Å². The highest BCUT2D eigenvalue weighted by atomic mass is 32.1. The predicted molar refractivity (Wildman–Crippen MR) is 81.6 cm³/mol. The summed E-state index contributed by atoms with van der Waals surface area (Å²) in [6, 6.07) is 19.7. The lowest BCUT2D eigenvalue weighted by molar-refractivity contribution is 1.61. The summed E-state index contributed by atoms with van der Waals surface area (Å²) in [5, 5.41) is 5.53. The van der Waals surface area contributed by atoms with Gasteiger partial charge in [-0.05, 0) is 35.4 Å². The summed E-state index contributed by atoms with van der Waals surface area (Å²) in [6.07, 6.45) is 0. The molecule has 0 N–H and O–H groups in total. The summed E-state index contributed by atoms with van der Waals surface area (Å²) in [5.41, 5.74) is 1.40. The summed E-state index contributed by atoms with van der Waals surface area (Å²) in [5.74, 6) is 0. The molecule has 0 radical (unpaired) electrons. The molecule has 0 aliphatic carbocycles. The predicted octanol–water partition coefficient (Wildman–Crippen LogP) is 5.52. The van der Waals surface area contributed by atoms with Crippen LogP contribution in [0.3, 0.4) is 0 Å². The van der Waals surface area contributed by atoms with Crippen LogP contribution < -0.4 is 0 Å². The van der Waals surface area contributed by atoms with Crippen molar-refractivity contribution in [2.24, 2.45) is 0 Å².